The number of anilines is 1. The summed E-state index contributed by atoms with van der Waals surface area (Å²) in [7, 11) is 0. The van der Waals surface area contributed by atoms with Crippen LogP contribution in [0.25, 0.3) is 5.65 Å². The molecule has 0 unspecified atom stereocenters. The third-order valence-electron chi connectivity index (χ3n) is 3.94. The number of aromatic nitrogens is 3. The van der Waals surface area contributed by atoms with E-state index in [1.54, 1.807) is 4.52 Å². The minimum absolute atomic E-state index is 0.702. The van der Waals surface area contributed by atoms with Gasteiger partial charge in [0.05, 0.1) is 0 Å². The van der Waals surface area contributed by atoms with Gasteiger partial charge in [0, 0.05) is 25.3 Å². The van der Waals surface area contributed by atoms with Crippen LogP contribution in [0.2, 0.25) is 0 Å². The monoisotopic (exact) mass is 273 g/mol. The lowest BCUT2D eigenvalue weighted by atomic mass is 10.1. The quantitative estimate of drug-likeness (QED) is 0.649. The highest BCUT2D eigenvalue weighted by Crippen LogP contribution is 2.16. The van der Waals surface area contributed by atoms with Crippen LogP contribution in [0.15, 0.2) is 24.4 Å². The SMILES string of the molecule is c1ccn2nc(NCCNC3CCCCCC3)nc2c1. The van der Waals surface area contributed by atoms with Crippen LogP contribution in [0.3, 0.4) is 0 Å². The Morgan fingerprint density at radius 1 is 1.10 bits per heavy atom. The summed E-state index contributed by atoms with van der Waals surface area (Å²) >= 11 is 0. The molecule has 0 radical (unpaired) electrons. The lowest BCUT2D eigenvalue weighted by Crippen LogP contribution is -2.32. The van der Waals surface area contributed by atoms with E-state index < -0.39 is 0 Å². The molecule has 0 aliphatic heterocycles. The number of nitrogens with zero attached hydrogens (tertiary/aromatic N) is 3. The highest BCUT2D eigenvalue weighted by Gasteiger charge is 2.10. The predicted octanol–water partition coefficient (Wildman–Crippen LogP) is 2.45. The fraction of sp³-hybridized carbons (Fsp3) is 0.600. The Hall–Kier alpha value is -1.62. The van der Waals surface area contributed by atoms with E-state index in [2.05, 4.69) is 20.7 Å². The molecule has 108 valence electrons. The van der Waals surface area contributed by atoms with Gasteiger partial charge >= 0.3 is 0 Å². The Balaban J connectivity index is 1.43. The zero-order valence-electron chi connectivity index (χ0n) is 11.9. The summed E-state index contributed by atoms with van der Waals surface area (Å²) in [6, 6.07) is 6.59. The molecule has 0 atom stereocenters. The minimum Gasteiger partial charge on any atom is -0.352 e. The first-order valence-electron chi connectivity index (χ1n) is 7.70. The van der Waals surface area contributed by atoms with E-state index in [1.165, 1.54) is 38.5 Å². The van der Waals surface area contributed by atoms with Gasteiger partial charge in [0.1, 0.15) is 0 Å². The first-order valence-corrected chi connectivity index (χ1v) is 7.70. The number of pyridine rings is 1. The van der Waals surface area contributed by atoms with Gasteiger partial charge in [0.2, 0.25) is 5.95 Å². The van der Waals surface area contributed by atoms with Gasteiger partial charge in [0.15, 0.2) is 5.65 Å². The second-order valence-corrected chi connectivity index (χ2v) is 5.51. The summed E-state index contributed by atoms with van der Waals surface area (Å²) < 4.78 is 1.79. The molecular formula is C15H23N5. The van der Waals surface area contributed by atoms with Crippen molar-refractivity contribution < 1.29 is 0 Å². The van der Waals surface area contributed by atoms with Crippen LogP contribution >= 0.6 is 0 Å². The number of hydrogen-bond acceptors (Lipinski definition) is 4. The van der Waals surface area contributed by atoms with Gasteiger partial charge in [-0.25, -0.2) is 4.52 Å². The zero-order chi connectivity index (χ0) is 13.6. The van der Waals surface area contributed by atoms with Crippen molar-refractivity contribution in [3.63, 3.8) is 0 Å². The van der Waals surface area contributed by atoms with Crippen molar-refractivity contribution in [2.45, 2.75) is 44.6 Å². The van der Waals surface area contributed by atoms with Crippen LogP contribution < -0.4 is 10.6 Å². The van der Waals surface area contributed by atoms with E-state index in [0.29, 0.717) is 12.0 Å². The average molecular weight is 273 g/mol. The smallest absolute Gasteiger partial charge is 0.243 e. The molecule has 0 bridgehead atoms. The molecule has 0 aromatic carbocycles. The minimum atomic E-state index is 0.702. The van der Waals surface area contributed by atoms with Crippen LogP contribution in [0.1, 0.15) is 38.5 Å². The fourth-order valence-electron chi connectivity index (χ4n) is 2.84. The van der Waals surface area contributed by atoms with Crippen LogP contribution in [0, 0.1) is 0 Å². The normalized spacial score (nSPS) is 17.2. The van der Waals surface area contributed by atoms with Gasteiger partial charge in [-0.2, -0.15) is 4.98 Å². The van der Waals surface area contributed by atoms with Gasteiger partial charge in [-0.3, -0.25) is 0 Å². The Morgan fingerprint density at radius 3 is 2.75 bits per heavy atom. The largest absolute Gasteiger partial charge is 0.352 e. The summed E-state index contributed by atoms with van der Waals surface area (Å²) in [6.07, 6.45) is 10.1. The summed E-state index contributed by atoms with van der Waals surface area (Å²) in [5.41, 5.74) is 0.881. The van der Waals surface area contributed by atoms with Crippen molar-refractivity contribution in [2.75, 3.05) is 18.4 Å². The highest BCUT2D eigenvalue weighted by atomic mass is 15.3. The summed E-state index contributed by atoms with van der Waals surface area (Å²) in [6.45, 7) is 1.84. The van der Waals surface area contributed by atoms with Crippen LogP contribution in [-0.4, -0.2) is 33.7 Å². The number of nitrogens with one attached hydrogen (secondary N) is 2. The standard InChI is InChI=1S/C15H23N5/c1-2-4-8-13(7-3-1)16-10-11-17-15-18-14-9-5-6-12-20(14)19-15/h5-6,9,12-13,16H,1-4,7-8,10-11H2,(H,17,19). The van der Waals surface area contributed by atoms with Crippen molar-refractivity contribution in [3.8, 4) is 0 Å². The molecule has 2 N–H and O–H groups in total. The molecule has 1 saturated carbocycles. The highest BCUT2D eigenvalue weighted by molar-refractivity contribution is 5.42. The van der Waals surface area contributed by atoms with Gasteiger partial charge in [-0.15, -0.1) is 5.10 Å². The molecular weight excluding hydrogens is 250 g/mol. The number of hydrogen-bond donors (Lipinski definition) is 2. The Morgan fingerprint density at radius 2 is 1.95 bits per heavy atom. The van der Waals surface area contributed by atoms with E-state index in [4.69, 9.17) is 0 Å². The average Bonchev–Trinajstić information content (AvgIpc) is 2.70. The summed E-state index contributed by atoms with van der Waals surface area (Å²) in [5.74, 6) is 0.707. The molecule has 1 aliphatic rings. The van der Waals surface area contributed by atoms with Crippen LogP contribution in [0.4, 0.5) is 5.95 Å². The second kappa shape index (κ2) is 6.70. The van der Waals surface area contributed by atoms with Crippen molar-refractivity contribution in [2.24, 2.45) is 0 Å². The van der Waals surface area contributed by atoms with E-state index in [9.17, 15) is 0 Å². The van der Waals surface area contributed by atoms with E-state index >= 15 is 0 Å². The molecule has 0 saturated heterocycles. The lowest BCUT2D eigenvalue weighted by Gasteiger charge is -2.15. The molecule has 2 aromatic heterocycles. The molecule has 5 heteroatoms. The topological polar surface area (TPSA) is 54.2 Å². The molecule has 5 nitrogen and oxygen atoms in total. The number of fused-ring (bicyclic) bond motifs is 1. The molecule has 2 aromatic rings. The van der Waals surface area contributed by atoms with E-state index in [1.807, 2.05) is 24.4 Å². The van der Waals surface area contributed by atoms with Gasteiger partial charge < -0.3 is 10.6 Å². The molecule has 0 amide bonds. The molecule has 1 fully saturated rings. The lowest BCUT2D eigenvalue weighted by molar-refractivity contribution is 0.468. The van der Waals surface area contributed by atoms with Crippen molar-refractivity contribution in [3.05, 3.63) is 24.4 Å². The van der Waals surface area contributed by atoms with Crippen molar-refractivity contribution >= 4 is 11.6 Å². The van der Waals surface area contributed by atoms with E-state index in [-0.39, 0.29) is 0 Å². The molecule has 2 heterocycles. The second-order valence-electron chi connectivity index (χ2n) is 5.51. The third-order valence-corrected chi connectivity index (χ3v) is 3.94. The maximum absolute atomic E-state index is 4.43. The zero-order valence-corrected chi connectivity index (χ0v) is 11.9. The fourth-order valence-corrected chi connectivity index (χ4v) is 2.84. The van der Waals surface area contributed by atoms with Gasteiger partial charge in [-0.1, -0.05) is 31.7 Å². The molecule has 20 heavy (non-hydrogen) atoms. The van der Waals surface area contributed by atoms with E-state index in [0.717, 1.165) is 18.7 Å². The van der Waals surface area contributed by atoms with Crippen LogP contribution in [0.5, 0.6) is 0 Å². The molecule has 0 spiro atoms. The first kappa shape index (κ1) is 13.4. The first-order chi connectivity index (χ1) is 9.92. The van der Waals surface area contributed by atoms with Crippen LogP contribution in [-0.2, 0) is 0 Å². The van der Waals surface area contributed by atoms with Gasteiger partial charge in [-0.05, 0) is 25.0 Å². The predicted molar refractivity (Wildman–Crippen MR) is 81.0 cm³/mol. The Bertz CT molecular complexity index is 495. The molecule has 1 aliphatic carbocycles. The Kier molecular flexibility index (Phi) is 4.48. The maximum atomic E-state index is 4.43. The summed E-state index contributed by atoms with van der Waals surface area (Å²) in [4.78, 5) is 4.43. The maximum Gasteiger partial charge on any atom is 0.243 e. The number of rotatable bonds is 5. The van der Waals surface area contributed by atoms with Crippen molar-refractivity contribution in [1.82, 2.24) is 19.9 Å². The van der Waals surface area contributed by atoms with Crippen molar-refractivity contribution in [1.29, 1.82) is 0 Å². The van der Waals surface area contributed by atoms with Gasteiger partial charge in [0.25, 0.3) is 0 Å². The Labute approximate surface area is 119 Å². The molecule has 3 rings (SSSR count). The summed E-state index contributed by atoms with van der Waals surface area (Å²) in [5, 5.41) is 11.3. The third kappa shape index (κ3) is 3.48.